The number of amides is 1. The van der Waals surface area contributed by atoms with Crippen molar-refractivity contribution in [1.82, 2.24) is 9.37 Å². The highest BCUT2D eigenvalue weighted by Gasteiger charge is 2.23. The first-order chi connectivity index (χ1) is 14.4. The van der Waals surface area contributed by atoms with Crippen molar-refractivity contribution < 1.29 is 18.0 Å². The molecule has 0 atom stereocenters. The number of nitrogens with zero attached hydrogens (tertiary/aromatic N) is 4. The van der Waals surface area contributed by atoms with Gasteiger partial charge in [-0.15, -0.1) is 0 Å². The number of hydroxylamine groups is 1. The molecule has 1 saturated heterocycles. The summed E-state index contributed by atoms with van der Waals surface area (Å²) in [5.41, 5.74) is 2.09. The minimum atomic E-state index is -3.75. The average molecular weight is 429 g/mol. The lowest BCUT2D eigenvalue weighted by Crippen LogP contribution is -2.35. The van der Waals surface area contributed by atoms with E-state index in [0.29, 0.717) is 30.8 Å². The lowest BCUT2D eigenvalue weighted by atomic mass is 10.2. The Hall–Kier alpha value is -2.93. The van der Waals surface area contributed by atoms with Crippen LogP contribution < -0.4 is 4.90 Å². The van der Waals surface area contributed by atoms with E-state index in [1.807, 2.05) is 12.1 Å². The smallest absolute Gasteiger partial charge is 0.264 e. The molecule has 30 heavy (non-hydrogen) atoms. The third-order valence-electron chi connectivity index (χ3n) is 5.14. The fourth-order valence-electron chi connectivity index (χ4n) is 3.32. The van der Waals surface area contributed by atoms with Crippen LogP contribution in [-0.2, 0) is 14.9 Å². The minimum absolute atomic E-state index is 0.0613. The average Bonchev–Trinajstić information content (AvgIpc) is 3.04. The van der Waals surface area contributed by atoms with Crippen LogP contribution in [0.3, 0.4) is 0 Å². The molecule has 3 rings (SSSR count). The molecule has 0 spiro atoms. The van der Waals surface area contributed by atoms with E-state index in [1.165, 1.54) is 38.4 Å². The van der Waals surface area contributed by atoms with Crippen molar-refractivity contribution >= 4 is 21.6 Å². The molecule has 158 valence electrons. The summed E-state index contributed by atoms with van der Waals surface area (Å²) in [6.45, 7) is 2.68. The highest BCUT2D eigenvalue weighted by atomic mass is 32.2. The van der Waals surface area contributed by atoms with Gasteiger partial charge in [-0.05, 0) is 55.0 Å². The molecule has 1 fully saturated rings. The number of nitriles is 1. The second-order valence-corrected chi connectivity index (χ2v) is 8.85. The van der Waals surface area contributed by atoms with Crippen molar-refractivity contribution in [2.24, 2.45) is 0 Å². The summed E-state index contributed by atoms with van der Waals surface area (Å²) in [6.07, 6.45) is 0.816. The van der Waals surface area contributed by atoms with E-state index in [4.69, 9.17) is 10.1 Å². The Balaban J connectivity index is 1.68. The first kappa shape index (κ1) is 21.8. The zero-order valence-corrected chi connectivity index (χ0v) is 17.8. The third kappa shape index (κ3) is 4.62. The van der Waals surface area contributed by atoms with Crippen LogP contribution in [0.4, 0.5) is 5.69 Å². The van der Waals surface area contributed by atoms with E-state index in [0.717, 1.165) is 23.1 Å². The summed E-state index contributed by atoms with van der Waals surface area (Å²) in [6, 6.07) is 15.4. The van der Waals surface area contributed by atoms with Crippen molar-refractivity contribution in [3.05, 3.63) is 59.7 Å². The number of carbonyl (C=O) groups excluding carboxylic acids is 1. The van der Waals surface area contributed by atoms with E-state index >= 15 is 0 Å². The standard InChI is InChI=1S/C21H24N4O4S/c1-23(29-2)30(27,28)20-10-6-18(7-11-20)21(26)25-13-3-12-24(14-15-25)19-8-4-17(16-22)5-9-19/h4-11H,3,12-15H2,1-2H3. The normalized spacial score (nSPS) is 15.0. The molecule has 1 heterocycles. The van der Waals surface area contributed by atoms with Gasteiger partial charge in [0, 0.05) is 44.5 Å². The van der Waals surface area contributed by atoms with Gasteiger partial charge >= 0.3 is 0 Å². The minimum Gasteiger partial charge on any atom is -0.370 e. The molecule has 0 aliphatic carbocycles. The fraction of sp³-hybridized carbons (Fsp3) is 0.333. The lowest BCUT2D eigenvalue weighted by molar-refractivity contribution is -0.0258. The van der Waals surface area contributed by atoms with E-state index in [1.54, 1.807) is 17.0 Å². The maximum absolute atomic E-state index is 12.9. The molecular formula is C21H24N4O4S. The topological polar surface area (TPSA) is 93.9 Å². The van der Waals surface area contributed by atoms with E-state index in [2.05, 4.69) is 11.0 Å². The SMILES string of the molecule is CON(C)S(=O)(=O)c1ccc(C(=O)N2CCCN(c3ccc(C#N)cc3)CC2)cc1. The second kappa shape index (κ2) is 9.26. The largest absolute Gasteiger partial charge is 0.370 e. The maximum Gasteiger partial charge on any atom is 0.264 e. The van der Waals surface area contributed by atoms with Gasteiger partial charge in [0.1, 0.15) is 0 Å². The number of hydrogen-bond acceptors (Lipinski definition) is 6. The van der Waals surface area contributed by atoms with Crippen LogP contribution in [-0.4, -0.2) is 64.0 Å². The first-order valence-electron chi connectivity index (χ1n) is 9.54. The summed E-state index contributed by atoms with van der Waals surface area (Å²) >= 11 is 0. The summed E-state index contributed by atoms with van der Waals surface area (Å²) in [4.78, 5) is 21.7. The number of sulfonamides is 1. The van der Waals surface area contributed by atoms with Crippen molar-refractivity contribution in [2.45, 2.75) is 11.3 Å². The van der Waals surface area contributed by atoms with Gasteiger partial charge in [0.05, 0.1) is 23.6 Å². The Bertz CT molecular complexity index is 1030. The Morgan fingerprint density at radius 2 is 1.70 bits per heavy atom. The molecule has 9 heteroatoms. The number of benzene rings is 2. The van der Waals surface area contributed by atoms with Crippen LogP contribution in [0.1, 0.15) is 22.3 Å². The number of rotatable bonds is 5. The summed E-state index contributed by atoms with van der Waals surface area (Å²) in [7, 11) is -1.16. The molecule has 2 aromatic carbocycles. The molecular weight excluding hydrogens is 404 g/mol. The summed E-state index contributed by atoms with van der Waals surface area (Å²) in [5, 5.41) is 8.94. The van der Waals surface area contributed by atoms with Crippen LogP contribution in [0.25, 0.3) is 0 Å². The maximum atomic E-state index is 12.9. The van der Waals surface area contributed by atoms with Crippen molar-refractivity contribution in [1.29, 1.82) is 5.26 Å². The molecule has 0 aromatic heterocycles. The van der Waals surface area contributed by atoms with Crippen LogP contribution in [0.2, 0.25) is 0 Å². The zero-order valence-electron chi connectivity index (χ0n) is 17.0. The van der Waals surface area contributed by atoms with Gasteiger partial charge in [-0.25, -0.2) is 8.42 Å². The van der Waals surface area contributed by atoms with Gasteiger partial charge in [-0.2, -0.15) is 5.26 Å². The van der Waals surface area contributed by atoms with E-state index in [9.17, 15) is 13.2 Å². The molecule has 1 aliphatic heterocycles. The van der Waals surface area contributed by atoms with Gasteiger partial charge in [0.2, 0.25) is 0 Å². The Morgan fingerprint density at radius 1 is 1.03 bits per heavy atom. The van der Waals surface area contributed by atoms with Gasteiger partial charge in [0.15, 0.2) is 0 Å². The van der Waals surface area contributed by atoms with Crippen LogP contribution in [0.5, 0.6) is 0 Å². The molecule has 0 N–H and O–H groups in total. The Kier molecular flexibility index (Phi) is 6.72. The van der Waals surface area contributed by atoms with E-state index in [-0.39, 0.29) is 10.8 Å². The summed E-state index contributed by atoms with van der Waals surface area (Å²) < 4.78 is 25.3. The Labute approximate surface area is 176 Å². The molecule has 1 amide bonds. The summed E-state index contributed by atoms with van der Waals surface area (Å²) in [5.74, 6) is -0.124. The van der Waals surface area contributed by atoms with Gasteiger partial charge in [-0.1, -0.05) is 4.47 Å². The number of hydrogen-bond donors (Lipinski definition) is 0. The predicted octanol–water partition coefficient (Wildman–Crippen LogP) is 2.09. The number of anilines is 1. The molecule has 0 bridgehead atoms. The van der Waals surface area contributed by atoms with Gasteiger partial charge < -0.3 is 9.80 Å². The van der Waals surface area contributed by atoms with E-state index < -0.39 is 10.0 Å². The highest BCUT2D eigenvalue weighted by molar-refractivity contribution is 7.89. The second-order valence-electron chi connectivity index (χ2n) is 6.91. The van der Waals surface area contributed by atoms with Crippen LogP contribution in [0, 0.1) is 11.3 Å². The molecule has 0 radical (unpaired) electrons. The molecule has 8 nitrogen and oxygen atoms in total. The highest BCUT2D eigenvalue weighted by Crippen LogP contribution is 2.19. The van der Waals surface area contributed by atoms with Crippen LogP contribution in [0.15, 0.2) is 53.4 Å². The fourth-order valence-corrected chi connectivity index (χ4v) is 4.30. The quantitative estimate of drug-likeness (QED) is 0.677. The number of carbonyl (C=O) groups is 1. The zero-order chi connectivity index (χ0) is 21.7. The molecule has 1 aliphatic rings. The monoisotopic (exact) mass is 428 g/mol. The molecule has 0 saturated carbocycles. The van der Waals surface area contributed by atoms with Crippen molar-refractivity contribution in [2.75, 3.05) is 45.2 Å². The Morgan fingerprint density at radius 3 is 2.30 bits per heavy atom. The molecule has 0 unspecified atom stereocenters. The van der Waals surface area contributed by atoms with Crippen molar-refractivity contribution in [3.63, 3.8) is 0 Å². The van der Waals surface area contributed by atoms with Crippen molar-refractivity contribution in [3.8, 4) is 6.07 Å². The molecule has 2 aromatic rings. The third-order valence-corrected chi connectivity index (χ3v) is 6.83. The lowest BCUT2D eigenvalue weighted by Gasteiger charge is -2.24. The first-order valence-corrected chi connectivity index (χ1v) is 11.0. The predicted molar refractivity (Wildman–Crippen MR) is 112 cm³/mol. The van der Waals surface area contributed by atoms with Gasteiger partial charge in [0.25, 0.3) is 15.9 Å². The van der Waals surface area contributed by atoms with Gasteiger partial charge in [-0.3, -0.25) is 9.63 Å². The van der Waals surface area contributed by atoms with Crippen LogP contribution >= 0.6 is 0 Å².